The SMILES string of the molecule is CC1CSCCN1C1(CN)CCSC1. The lowest BCUT2D eigenvalue weighted by molar-refractivity contribution is 0.0879. The van der Waals surface area contributed by atoms with Gasteiger partial charge in [0.15, 0.2) is 0 Å². The molecule has 0 amide bonds. The molecule has 2 heterocycles. The maximum Gasteiger partial charge on any atom is 0.0433 e. The van der Waals surface area contributed by atoms with Crippen LogP contribution >= 0.6 is 23.5 Å². The van der Waals surface area contributed by atoms with E-state index in [1.807, 2.05) is 0 Å². The molecule has 2 saturated heterocycles. The summed E-state index contributed by atoms with van der Waals surface area (Å²) < 4.78 is 0. The van der Waals surface area contributed by atoms with Gasteiger partial charge >= 0.3 is 0 Å². The molecule has 2 rings (SSSR count). The summed E-state index contributed by atoms with van der Waals surface area (Å²) in [6.07, 6.45) is 1.29. The topological polar surface area (TPSA) is 29.3 Å². The predicted octanol–water partition coefficient (Wildman–Crippen LogP) is 1.26. The van der Waals surface area contributed by atoms with E-state index in [1.165, 1.54) is 36.0 Å². The van der Waals surface area contributed by atoms with Crippen LogP contribution in [0.25, 0.3) is 0 Å². The highest BCUT2D eigenvalue weighted by Gasteiger charge is 2.41. The van der Waals surface area contributed by atoms with E-state index in [1.54, 1.807) is 0 Å². The lowest BCUT2D eigenvalue weighted by Crippen LogP contribution is -2.60. The van der Waals surface area contributed by atoms with Gasteiger partial charge in [-0.3, -0.25) is 4.90 Å². The Morgan fingerprint density at radius 1 is 1.43 bits per heavy atom. The summed E-state index contributed by atoms with van der Waals surface area (Å²) in [5.41, 5.74) is 6.34. The van der Waals surface area contributed by atoms with Crippen LogP contribution in [0, 0.1) is 0 Å². The summed E-state index contributed by atoms with van der Waals surface area (Å²) in [5.74, 6) is 5.12. The summed E-state index contributed by atoms with van der Waals surface area (Å²) in [6, 6.07) is 0.719. The number of thioether (sulfide) groups is 2. The average Bonchev–Trinajstić information content (AvgIpc) is 2.68. The number of hydrogen-bond acceptors (Lipinski definition) is 4. The van der Waals surface area contributed by atoms with Crippen LogP contribution < -0.4 is 5.73 Å². The molecule has 0 aromatic carbocycles. The van der Waals surface area contributed by atoms with Crippen molar-refractivity contribution in [2.75, 3.05) is 36.1 Å². The molecule has 0 saturated carbocycles. The highest BCUT2D eigenvalue weighted by Crippen LogP contribution is 2.36. The molecule has 2 atom stereocenters. The van der Waals surface area contributed by atoms with Gasteiger partial charge in [0.2, 0.25) is 0 Å². The van der Waals surface area contributed by atoms with Crippen LogP contribution in [-0.4, -0.2) is 52.6 Å². The molecule has 2 fully saturated rings. The Bertz CT molecular complexity index is 193. The quantitative estimate of drug-likeness (QED) is 0.776. The van der Waals surface area contributed by atoms with Crippen LogP contribution in [0.15, 0.2) is 0 Å². The second-order valence-electron chi connectivity index (χ2n) is 4.35. The van der Waals surface area contributed by atoms with Crippen LogP contribution in [0.2, 0.25) is 0 Å². The molecule has 0 aliphatic carbocycles. The molecule has 2 aliphatic rings. The predicted molar refractivity (Wildman–Crippen MR) is 67.2 cm³/mol. The Morgan fingerprint density at radius 2 is 2.29 bits per heavy atom. The van der Waals surface area contributed by atoms with Gasteiger partial charge < -0.3 is 5.73 Å². The van der Waals surface area contributed by atoms with E-state index in [9.17, 15) is 0 Å². The Balaban J connectivity index is 2.09. The minimum atomic E-state index is 0.338. The molecule has 14 heavy (non-hydrogen) atoms. The molecule has 0 radical (unpaired) electrons. The summed E-state index contributed by atoms with van der Waals surface area (Å²) >= 11 is 4.16. The fourth-order valence-corrected chi connectivity index (χ4v) is 5.02. The van der Waals surface area contributed by atoms with Gasteiger partial charge in [-0.15, -0.1) is 0 Å². The smallest absolute Gasteiger partial charge is 0.0433 e. The molecular weight excluding hydrogens is 212 g/mol. The minimum Gasteiger partial charge on any atom is -0.329 e. The summed E-state index contributed by atoms with van der Waals surface area (Å²) in [4.78, 5) is 2.68. The zero-order valence-corrected chi connectivity index (χ0v) is 10.5. The van der Waals surface area contributed by atoms with Crippen LogP contribution in [0.3, 0.4) is 0 Å². The van der Waals surface area contributed by atoms with Crippen LogP contribution in [0.5, 0.6) is 0 Å². The van der Waals surface area contributed by atoms with Gasteiger partial charge in [0, 0.05) is 41.9 Å². The number of hydrogen-bond donors (Lipinski definition) is 1. The highest BCUT2D eigenvalue weighted by molar-refractivity contribution is 7.99. The van der Waals surface area contributed by atoms with Crippen molar-refractivity contribution in [2.24, 2.45) is 5.73 Å². The van der Waals surface area contributed by atoms with Gasteiger partial charge in [-0.25, -0.2) is 0 Å². The van der Waals surface area contributed by atoms with E-state index in [0.29, 0.717) is 5.54 Å². The standard InChI is InChI=1S/C10H20N2S2/c1-9-6-13-5-3-12(9)10(7-11)2-4-14-8-10/h9H,2-8,11H2,1H3. The van der Waals surface area contributed by atoms with Crippen LogP contribution in [0.1, 0.15) is 13.3 Å². The third-order valence-corrected chi connectivity index (χ3v) is 5.86. The third-order valence-electron chi connectivity index (χ3n) is 3.44. The maximum atomic E-state index is 6.00. The molecular formula is C10H20N2S2. The second kappa shape index (κ2) is 4.64. The number of nitrogens with zero attached hydrogens (tertiary/aromatic N) is 1. The van der Waals surface area contributed by atoms with Gasteiger partial charge in [0.05, 0.1) is 0 Å². The number of nitrogens with two attached hydrogens (primary N) is 1. The van der Waals surface area contributed by atoms with Crippen molar-refractivity contribution in [3.05, 3.63) is 0 Å². The summed E-state index contributed by atoms with van der Waals surface area (Å²) in [5, 5.41) is 0. The Hall–Kier alpha value is 0.620. The molecule has 0 bridgehead atoms. The summed E-state index contributed by atoms with van der Waals surface area (Å²) in [7, 11) is 0. The average molecular weight is 232 g/mol. The molecule has 2 unspecified atom stereocenters. The zero-order chi connectivity index (χ0) is 10.0. The summed E-state index contributed by atoms with van der Waals surface area (Å²) in [6.45, 7) is 4.44. The van der Waals surface area contributed by atoms with Gasteiger partial charge in [0.1, 0.15) is 0 Å². The van der Waals surface area contributed by atoms with E-state index in [-0.39, 0.29) is 0 Å². The second-order valence-corrected chi connectivity index (χ2v) is 6.60. The molecule has 0 aromatic heterocycles. The monoisotopic (exact) mass is 232 g/mol. The highest BCUT2D eigenvalue weighted by atomic mass is 32.2. The molecule has 4 heteroatoms. The zero-order valence-electron chi connectivity index (χ0n) is 8.87. The van der Waals surface area contributed by atoms with Crippen LogP contribution in [-0.2, 0) is 0 Å². The van der Waals surface area contributed by atoms with Gasteiger partial charge in [-0.1, -0.05) is 0 Å². The van der Waals surface area contributed by atoms with Crippen molar-refractivity contribution < 1.29 is 0 Å². The Labute approximate surface area is 95.4 Å². The Kier molecular flexibility index (Phi) is 3.68. The molecule has 82 valence electrons. The lowest BCUT2D eigenvalue weighted by Gasteiger charge is -2.46. The van der Waals surface area contributed by atoms with Gasteiger partial charge in [0.25, 0.3) is 0 Å². The largest absolute Gasteiger partial charge is 0.329 e. The maximum absolute atomic E-state index is 6.00. The first-order chi connectivity index (χ1) is 6.78. The molecule has 2 N–H and O–H groups in total. The van der Waals surface area contributed by atoms with Crippen molar-refractivity contribution >= 4 is 23.5 Å². The molecule has 0 spiro atoms. The fourth-order valence-electron chi connectivity index (χ4n) is 2.53. The van der Waals surface area contributed by atoms with E-state index in [2.05, 4.69) is 35.3 Å². The van der Waals surface area contributed by atoms with Crippen molar-refractivity contribution in [3.63, 3.8) is 0 Å². The molecule has 2 nitrogen and oxygen atoms in total. The first-order valence-corrected chi connectivity index (χ1v) is 7.72. The van der Waals surface area contributed by atoms with E-state index >= 15 is 0 Å². The van der Waals surface area contributed by atoms with Crippen molar-refractivity contribution in [3.8, 4) is 0 Å². The van der Waals surface area contributed by atoms with E-state index in [0.717, 1.165) is 12.6 Å². The Morgan fingerprint density at radius 3 is 2.86 bits per heavy atom. The van der Waals surface area contributed by atoms with Crippen molar-refractivity contribution in [1.29, 1.82) is 0 Å². The first-order valence-electron chi connectivity index (χ1n) is 5.41. The van der Waals surface area contributed by atoms with E-state index < -0.39 is 0 Å². The van der Waals surface area contributed by atoms with Crippen LogP contribution in [0.4, 0.5) is 0 Å². The first kappa shape index (κ1) is 11.1. The van der Waals surface area contributed by atoms with Crippen molar-refractivity contribution in [1.82, 2.24) is 4.90 Å². The molecule has 0 aromatic rings. The third kappa shape index (κ3) is 1.94. The van der Waals surface area contributed by atoms with Crippen molar-refractivity contribution in [2.45, 2.75) is 24.9 Å². The minimum absolute atomic E-state index is 0.338. The van der Waals surface area contributed by atoms with Gasteiger partial charge in [-0.2, -0.15) is 23.5 Å². The van der Waals surface area contributed by atoms with Gasteiger partial charge in [-0.05, 0) is 19.1 Å². The fraction of sp³-hybridized carbons (Fsp3) is 1.00. The molecule has 2 aliphatic heterocycles. The number of rotatable bonds is 2. The normalized spacial score (nSPS) is 40.3. The lowest BCUT2D eigenvalue weighted by atomic mass is 9.95. The van der Waals surface area contributed by atoms with E-state index in [4.69, 9.17) is 5.73 Å².